The van der Waals surface area contributed by atoms with Gasteiger partial charge in [-0.2, -0.15) is 4.31 Å². The molecule has 0 amide bonds. The fraction of sp³-hybridized carbons (Fsp3) is 1.00. The minimum atomic E-state index is -2.99. The Morgan fingerprint density at radius 2 is 1.60 bits per heavy atom. The first-order valence-electron chi connectivity index (χ1n) is 4.41. The lowest BCUT2D eigenvalue weighted by molar-refractivity contribution is 0.193. The molecule has 0 saturated carbocycles. The van der Waals surface area contributed by atoms with Crippen LogP contribution in [0.3, 0.4) is 0 Å². The van der Waals surface area contributed by atoms with Crippen LogP contribution in [0.25, 0.3) is 0 Å². The van der Waals surface area contributed by atoms with Gasteiger partial charge in [-0.15, -0.1) is 24.8 Å². The number of sulfonamides is 1. The standard InChI is InChI=1S/C7H17N3O2S.2ClH/c1-13(11,12)10-6-4-9(3-2-8)5-7-10;;/h2-8H2,1H3;2*1H. The molecule has 0 aliphatic carbocycles. The van der Waals surface area contributed by atoms with Crippen LogP contribution in [0.2, 0.25) is 0 Å². The van der Waals surface area contributed by atoms with Crippen molar-refractivity contribution in [1.29, 1.82) is 0 Å². The maximum absolute atomic E-state index is 11.1. The van der Waals surface area contributed by atoms with E-state index >= 15 is 0 Å². The molecule has 1 fully saturated rings. The molecule has 1 heterocycles. The number of hydrogen-bond donors (Lipinski definition) is 1. The minimum absolute atomic E-state index is 0. The predicted octanol–water partition coefficient (Wildman–Crippen LogP) is -0.634. The summed E-state index contributed by atoms with van der Waals surface area (Å²) in [7, 11) is -2.99. The third-order valence-electron chi connectivity index (χ3n) is 2.25. The highest BCUT2D eigenvalue weighted by molar-refractivity contribution is 7.88. The molecule has 0 aromatic rings. The van der Waals surface area contributed by atoms with E-state index < -0.39 is 10.0 Å². The van der Waals surface area contributed by atoms with E-state index in [4.69, 9.17) is 5.73 Å². The molecule has 0 unspecified atom stereocenters. The Morgan fingerprint density at radius 3 is 1.93 bits per heavy atom. The molecule has 5 nitrogen and oxygen atoms in total. The van der Waals surface area contributed by atoms with Gasteiger partial charge in [0.25, 0.3) is 0 Å². The van der Waals surface area contributed by atoms with Crippen LogP contribution in [0.4, 0.5) is 0 Å². The molecule has 1 saturated heterocycles. The first kappa shape index (κ1) is 17.8. The van der Waals surface area contributed by atoms with E-state index in [1.165, 1.54) is 10.6 Å². The van der Waals surface area contributed by atoms with Crippen LogP contribution >= 0.6 is 24.8 Å². The van der Waals surface area contributed by atoms with Crippen molar-refractivity contribution in [2.24, 2.45) is 5.73 Å². The molecule has 8 heteroatoms. The molecular formula is C7H19Cl2N3O2S. The second-order valence-electron chi connectivity index (χ2n) is 3.29. The summed E-state index contributed by atoms with van der Waals surface area (Å²) in [6.45, 7) is 4.28. The van der Waals surface area contributed by atoms with Gasteiger partial charge in [0.1, 0.15) is 0 Å². The predicted molar refractivity (Wildman–Crippen MR) is 66.4 cm³/mol. The lowest BCUT2D eigenvalue weighted by atomic mass is 10.3. The van der Waals surface area contributed by atoms with Crippen molar-refractivity contribution >= 4 is 34.8 Å². The van der Waals surface area contributed by atoms with Gasteiger partial charge in [0.15, 0.2) is 0 Å². The fourth-order valence-electron chi connectivity index (χ4n) is 1.47. The van der Waals surface area contributed by atoms with Gasteiger partial charge in [0.05, 0.1) is 6.26 Å². The third kappa shape index (κ3) is 5.89. The van der Waals surface area contributed by atoms with Crippen molar-refractivity contribution in [3.05, 3.63) is 0 Å². The summed E-state index contributed by atoms with van der Waals surface area (Å²) in [5, 5.41) is 0. The number of rotatable bonds is 3. The Kier molecular flexibility index (Phi) is 9.07. The highest BCUT2D eigenvalue weighted by Crippen LogP contribution is 2.04. The Bertz CT molecular complexity index is 253. The number of nitrogens with zero attached hydrogens (tertiary/aromatic N) is 2. The molecule has 94 valence electrons. The topological polar surface area (TPSA) is 66.6 Å². The molecule has 0 atom stereocenters. The van der Waals surface area contributed by atoms with Crippen molar-refractivity contribution in [3.8, 4) is 0 Å². The number of halogens is 2. The summed E-state index contributed by atoms with van der Waals surface area (Å²) >= 11 is 0. The average molecular weight is 280 g/mol. The lowest BCUT2D eigenvalue weighted by Crippen LogP contribution is -2.49. The third-order valence-corrected chi connectivity index (χ3v) is 3.55. The van der Waals surface area contributed by atoms with E-state index in [9.17, 15) is 8.42 Å². The summed E-state index contributed by atoms with van der Waals surface area (Å²) in [6, 6.07) is 0. The van der Waals surface area contributed by atoms with E-state index in [1.807, 2.05) is 0 Å². The zero-order valence-corrected chi connectivity index (χ0v) is 11.2. The van der Waals surface area contributed by atoms with Crippen LogP contribution in [0.15, 0.2) is 0 Å². The second kappa shape index (κ2) is 7.65. The van der Waals surface area contributed by atoms with Crippen LogP contribution < -0.4 is 5.73 Å². The average Bonchev–Trinajstić information content (AvgIpc) is 2.04. The zero-order chi connectivity index (χ0) is 9.90. The molecule has 1 rings (SSSR count). The van der Waals surface area contributed by atoms with E-state index in [1.54, 1.807) is 0 Å². The van der Waals surface area contributed by atoms with Crippen LogP contribution in [0, 0.1) is 0 Å². The van der Waals surface area contributed by atoms with E-state index in [2.05, 4.69) is 4.90 Å². The maximum atomic E-state index is 11.1. The van der Waals surface area contributed by atoms with E-state index in [-0.39, 0.29) is 24.8 Å². The lowest BCUT2D eigenvalue weighted by Gasteiger charge is -2.32. The first-order chi connectivity index (χ1) is 6.04. The number of piperazine rings is 1. The molecular weight excluding hydrogens is 261 g/mol. The normalized spacial score (nSPS) is 19.1. The van der Waals surface area contributed by atoms with Crippen molar-refractivity contribution in [1.82, 2.24) is 9.21 Å². The fourth-order valence-corrected chi connectivity index (χ4v) is 2.29. The summed E-state index contributed by atoms with van der Waals surface area (Å²) in [6.07, 6.45) is 1.26. The molecule has 0 aromatic heterocycles. The van der Waals surface area contributed by atoms with Crippen LogP contribution in [0.1, 0.15) is 0 Å². The van der Waals surface area contributed by atoms with Crippen molar-refractivity contribution in [2.75, 3.05) is 45.5 Å². The van der Waals surface area contributed by atoms with E-state index in [0.29, 0.717) is 19.6 Å². The molecule has 1 aliphatic rings. The smallest absolute Gasteiger partial charge is 0.211 e. The molecule has 2 N–H and O–H groups in total. The first-order valence-corrected chi connectivity index (χ1v) is 6.26. The number of nitrogens with two attached hydrogens (primary N) is 1. The highest BCUT2D eigenvalue weighted by atomic mass is 35.5. The number of hydrogen-bond acceptors (Lipinski definition) is 4. The molecule has 0 bridgehead atoms. The van der Waals surface area contributed by atoms with Gasteiger partial charge in [-0.1, -0.05) is 0 Å². The highest BCUT2D eigenvalue weighted by Gasteiger charge is 2.22. The monoisotopic (exact) mass is 279 g/mol. The molecule has 0 spiro atoms. The summed E-state index contributed by atoms with van der Waals surface area (Å²) < 4.78 is 23.8. The molecule has 1 aliphatic heterocycles. The Balaban J connectivity index is 0. The summed E-state index contributed by atoms with van der Waals surface area (Å²) in [5.74, 6) is 0. The minimum Gasteiger partial charge on any atom is -0.329 e. The van der Waals surface area contributed by atoms with Gasteiger partial charge in [-0.3, -0.25) is 4.90 Å². The van der Waals surface area contributed by atoms with Crippen LogP contribution in [0.5, 0.6) is 0 Å². The summed E-state index contributed by atoms with van der Waals surface area (Å²) in [4.78, 5) is 2.18. The van der Waals surface area contributed by atoms with Gasteiger partial charge in [0.2, 0.25) is 10.0 Å². The van der Waals surface area contributed by atoms with Crippen LogP contribution in [-0.4, -0.2) is 63.1 Å². The Hall–Kier alpha value is 0.410. The van der Waals surface area contributed by atoms with Gasteiger partial charge in [0, 0.05) is 39.3 Å². The van der Waals surface area contributed by atoms with Crippen molar-refractivity contribution in [3.63, 3.8) is 0 Å². The maximum Gasteiger partial charge on any atom is 0.211 e. The largest absolute Gasteiger partial charge is 0.329 e. The quantitative estimate of drug-likeness (QED) is 0.747. The van der Waals surface area contributed by atoms with Gasteiger partial charge in [-0.05, 0) is 0 Å². The van der Waals surface area contributed by atoms with Crippen LogP contribution in [-0.2, 0) is 10.0 Å². The Labute approximate surface area is 104 Å². The second-order valence-corrected chi connectivity index (χ2v) is 5.27. The van der Waals surface area contributed by atoms with E-state index in [0.717, 1.165) is 19.6 Å². The van der Waals surface area contributed by atoms with Crippen molar-refractivity contribution in [2.45, 2.75) is 0 Å². The zero-order valence-electron chi connectivity index (χ0n) is 8.76. The SMILES string of the molecule is CS(=O)(=O)N1CCN(CCN)CC1.Cl.Cl. The molecule has 0 radical (unpaired) electrons. The Morgan fingerprint density at radius 1 is 1.13 bits per heavy atom. The van der Waals surface area contributed by atoms with Gasteiger partial charge in [-0.25, -0.2) is 8.42 Å². The molecule has 15 heavy (non-hydrogen) atoms. The summed E-state index contributed by atoms with van der Waals surface area (Å²) in [5.41, 5.74) is 5.41. The van der Waals surface area contributed by atoms with Gasteiger partial charge >= 0.3 is 0 Å². The van der Waals surface area contributed by atoms with Gasteiger partial charge < -0.3 is 5.73 Å². The van der Waals surface area contributed by atoms with Crippen molar-refractivity contribution < 1.29 is 8.42 Å². The molecule has 0 aromatic carbocycles.